The molecule has 8 nitrogen and oxygen atoms in total. The highest BCUT2D eigenvalue weighted by Gasteiger charge is 2.38. The van der Waals surface area contributed by atoms with Crippen LogP contribution in [0.4, 0.5) is 13.2 Å². The predicted octanol–water partition coefficient (Wildman–Crippen LogP) is 4.88. The Balaban J connectivity index is 1.43. The van der Waals surface area contributed by atoms with E-state index in [4.69, 9.17) is 9.47 Å². The standard InChI is InChI=1S/C28H35F3N4O4/c1-17-18(2)23(38-16-24(36)39-27(3,4)5)10-9-21(17)22-8-6-7-20-15-34(11-12-35(20)22)25(37)19-13-32-26(33-14-19)28(29,30)31/h9-10,13-14,20,22H,6-8,11-12,15-16H2,1-5H3/t20-,22+/m0/s1. The van der Waals surface area contributed by atoms with Crippen molar-refractivity contribution in [2.45, 2.75) is 77.7 Å². The van der Waals surface area contributed by atoms with E-state index in [2.05, 4.69) is 27.9 Å². The third-order valence-electron chi connectivity index (χ3n) is 7.29. The van der Waals surface area contributed by atoms with E-state index in [1.165, 1.54) is 5.56 Å². The van der Waals surface area contributed by atoms with Crippen LogP contribution in [-0.4, -0.2) is 69.5 Å². The van der Waals surface area contributed by atoms with Gasteiger partial charge in [-0.1, -0.05) is 6.07 Å². The minimum atomic E-state index is -4.65. The van der Waals surface area contributed by atoms with E-state index in [1.807, 2.05) is 33.8 Å². The summed E-state index contributed by atoms with van der Waals surface area (Å²) in [6.07, 6.45) is 0.157. The van der Waals surface area contributed by atoms with Crippen LogP contribution in [0.5, 0.6) is 5.75 Å². The normalized spacial score (nSPS) is 20.4. The SMILES string of the molecule is Cc1c(OCC(=O)OC(C)(C)C)ccc([C@H]2CCC[C@H]3CN(C(=O)c4cnc(C(F)(F)F)nc4)CCN32)c1C. The van der Waals surface area contributed by atoms with Gasteiger partial charge in [-0.25, -0.2) is 14.8 Å². The number of hydrogen-bond acceptors (Lipinski definition) is 7. The molecule has 0 unspecified atom stereocenters. The number of carbonyl (C=O) groups is 2. The van der Waals surface area contributed by atoms with Gasteiger partial charge in [-0.3, -0.25) is 9.69 Å². The summed E-state index contributed by atoms with van der Waals surface area (Å²) in [6.45, 7) is 10.9. The van der Waals surface area contributed by atoms with Gasteiger partial charge in [-0.15, -0.1) is 0 Å². The number of ether oxygens (including phenoxy) is 2. The van der Waals surface area contributed by atoms with Gasteiger partial charge in [0.2, 0.25) is 5.82 Å². The molecule has 11 heteroatoms. The number of benzene rings is 1. The van der Waals surface area contributed by atoms with Crippen molar-refractivity contribution in [1.82, 2.24) is 19.8 Å². The number of hydrogen-bond donors (Lipinski definition) is 0. The van der Waals surface area contributed by atoms with Gasteiger partial charge in [-0.05, 0) is 76.6 Å². The zero-order valence-electron chi connectivity index (χ0n) is 23.0. The molecule has 0 saturated carbocycles. The fourth-order valence-electron chi connectivity index (χ4n) is 5.38. The number of amides is 1. The van der Waals surface area contributed by atoms with Crippen LogP contribution >= 0.6 is 0 Å². The van der Waals surface area contributed by atoms with E-state index >= 15 is 0 Å². The zero-order chi connectivity index (χ0) is 28.5. The second-order valence-corrected chi connectivity index (χ2v) is 11.2. The molecule has 212 valence electrons. The Bertz CT molecular complexity index is 1210. The Morgan fingerprint density at radius 3 is 2.36 bits per heavy atom. The van der Waals surface area contributed by atoms with Crippen LogP contribution in [0.2, 0.25) is 0 Å². The molecule has 1 amide bonds. The lowest BCUT2D eigenvalue weighted by Gasteiger charge is -2.48. The first-order chi connectivity index (χ1) is 18.2. The Labute approximate surface area is 226 Å². The van der Waals surface area contributed by atoms with Gasteiger partial charge in [-0.2, -0.15) is 13.2 Å². The molecule has 0 spiro atoms. The Kier molecular flexibility index (Phi) is 8.20. The molecule has 2 aliphatic heterocycles. The fourth-order valence-corrected chi connectivity index (χ4v) is 5.38. The van der Waals surface area contributed by atoms with E-state index in [-0.39, 0.29) is 30.2 Å². The molecule has 0 N–H and O–H groups in total. The first-order valence-electron chi connectivity index (χ1n) is 13.1. The van der Waals surface area contributed by atoms with Crippen molar-refractivity contribution >= 4 is 11.9 Å². The second-order valence-electron chi connectivity index (χ2n) is 11.2. The van der Waals surface area contributed by atoms with Crippen molar-refractivity contribution in [3.63, 3.8) is 0 Å². The summed E-state index contributed by atoms with van der Waals surface area (Å²) in [5.74, 6) is -1.40. The smallest absolute Gasteiger partial charge is 0.451 e. The lowest BCUT2D eigenvalue weighted by atomic mass is 9.86. The maximum atomic E-state index is 13.0. The van der Waals surface area contributed by atoms with Gasteiger partial charge in [0.05, 0.1) is 5.56 Å². The average Bonchev–Trinajstić information content (AvgIpc) is 2.87. The molecule has 2 saturated heterocycles. The van der Waals surface area contributed by atoms with E-state index in [1.54, 1.807) is 4.90 Å². The number of piperazine rings is 1. The molecule has 4 rings (SSSR count). The van der Waals surface area contributed by atoms with E-state index in [9.17, 15) is 22.8 Å². The molecule has 2 aliphatic rings. The van der Waals surface area contributed by atoms with Gasteiger partial charge in [0.25, 0.3) is 5.91 Å². The third-order valence-corrected chi connectivity index (χ3v) is 7.29. The zero-order valence-corrected chi connectivity index (χ0v) is 23.0. The second kappa shape index (κ2) is 11.1. The van der Waals surface area contributed by atoms with Crippen LogP contribution in [0.1, 0.15) is 78.9 Å². The number of aromatic nitrogens is 2. The summed E-state index contributed by atoms with van der Waals surface area (Å²) in [5.41, 5.74) is 2.74. The molecule has 1 aromatic heterocycles. The number of fused-ring (bicyclic) bond motifs is 1. The monoisotopic (exact) mass is 548 g/mol. The maximum absolute atomic E-state index is 13.0. The van der Waals surface area contributed by atoms with Crippen molar-refractivity contribution in [2.24, 2.45) is 0 Å². The summed E-state index contributed by atoms with van der Waals surface area (Å²) < 4.78 is 49.5. The predicted molar refractivity (Wildman–Crippen MR) is 137 cm³/mol. The highest BCUT2D eigenvalue weighted by Crippen LogP contribution is 2.39. The summed E-state index contributed by atoms with van der Waals surface area (Å²) in [6, 6.07) is 4.26. The number of carbonyl (C=O) groups excluding carboxylic acids is 2. The molecule has 2 atom stereocenters. The summed E-state index contributed by atoms with van der Waals surface area (Å²) in [5, 5.41) is 0. The number of rotatable bonds is 5. The molecule has 2 fully saturated rings. The Morgan fingerprint density at radius 2 is 1.72 bits per heavy atom. The maximum Gasteiger partial charge on any atom is 0.451 e. The summed E-state index contributed by atoms with van der Waals surface area (Å²) in [7, 11) is 0. The molecular formula is C28H35F3N4O4. The van der Waals surface area contributed by atoms with E-state index in [0.29, 0.717) is 25.4 Å². The van der Waals surface area contributed by atoms with Crippen molar-refractivity contribution in [2.75, 3.05) is 26.2 Å². The van der Waals surface area contributed by atoms with Crippen molar-refractivity contribution in [3.05, 3.63) is 52.6 Å². The number of halogens is 3. The first-order valence-corrected chi connectivity index (χ1v) is 13.1. The first kappa shape index (κ1) is 28.8. The summed E-state index contributed by atoms with van der Waals surface area (Å²) >= 11 is 0. The summed E-state index contributed by atoms with van der Waals surface area (Å²) in [4.78, 5) is 35.9. The molecule has 2 aromatic rings. The fraction of sp³-hybridized carbons (Fsp3) is 0.571. The molecular weight excluding hydrogens is 513 g/mol. The van der Waals surface area contributed by atoms with Crippen molar-refractivity contribution in [3.8, 4) is 5.75 Å². The lowest BCUT2D eigenvalue weighted by molar-refractivity contribution is -0.157. The quantitative estimate of drug-likeness (QED) is 0.492. The topological polar surface area (TPSA) is 84.9 Å². The number of alkyl halides is 3. The van der Waals surface area contributed by atoms with Crippen LogP contribution in [-0.2, 0) is 15.7 Å². The van der Waals surface area contributed by atoms with Crippen LogP contribution in [0.15, 0.2) is 24.5 Å². The number of esters is 1. The Morgan fingerprint density at radius 1 is 1.03 bits per heavy atom. The number of piperidine rings is 1. The van der Waals surface area contributed by atoms with Gasteiger partial charge < -0.3 is 14.4 Å². The average molecular weight is 549 g/mol. The molecule has 3 heterocycles. The molecule has 39 heavy (non-hydrogen) atoms. The van der Waals surface area contributed by atoms with Crippen LogP contribution in [0.3, 0.4) is 0 Å². The van der Waals surface area contributed by atoms with E-state index in [0.717, 1.165) is 42.8 Å². The van der Waals surface area contributed by atoms with Crippen LogP contribution < -0.4 is 4.74 Å². The van der Waals surface area contributed by atoms with Crippen LogP contribution in [0, 0.1) is 13.8 Å². The third kappa shape index (κ3) is 6.69. The molecule has 1 aromatic carbocycles. The van der Waals surface area contributed by atoms with Gasteiger partial charge >= 0.3 is 12.1 Å². The minimum absolute atomic E-state index is 0.0530. The van der Waals surface area contributed by atoms with Gasteiger partial charge in [0.1, 0.15) is 11.4 Å². The highest BCUT2D eigenvalue weighted by molar-refractivity contribution is 5.93. The van der Waals surface area contributed by atoms with Gasteiger partial charge in [0, 0.05) is 44.1 Å². The molecule has 0 bridgehead atoms. The lowest BCUT2D eigenvalue weighted by Crippen LogP contribution is -2.57. The van der Waals surface area contributed by atoms with E-state index < -0.39 is 23.6 Å². The molecule has 0 radical (unpaired) electrons. The van der Waals surface area contributed by atoms with Gasteiger partial charge in [0.15, 0.2) is 6.61 Å². The number of nitrogens with zero attached hydrogens (tertiary/aromatic N) is 4. The minimum Gasteiger partial charge on any atom is -0.482 e. The molecule has 0 aliphatic carbocycles. The van der Waals surface area contributed by atoms with Crippen LogP contribution in [0.25, 0.3) is 0 Å². The van der Waals surface area contributed by atoms with Crippen molar-refractivity contribution in [1.29, 1.82) is 0 Å². The largest absolute Gasteiger partial charge is 0.482 e. The van der Waals surface area contributed by atoms with Crippen molar-refractivity contribution < 1.29 is 32.2 Å². The highest BCUT2D eigenvalue weighted by atomic mass is 19.4. The Hall–Kier alpha value is -3.21.